The van der Waals surface area contributed by atoms with E-state index < -0.39 is 28.8 Å². The molecule has 222 valence electrons. The standard InChI is InChI=1S/C32H21BrCl2FN3O4S/c33-19-10-8-18(9-11-19)14-27(38-30(41)23-6-1-2-7-26(23)36)31(42)37-20-4-3-5-22(15-20)44-28-17-29(40)39(32(28)43)21-12-13-24(34)25(35)16-21/h1-16,28H,17H2,(H,37,42)(H,38,41)/b27-14-/t28-/m0/s1. The number of carbonyl (C=O) groups excluding carboxylic acids is 4. The maximum Gasteiger partial charge on any atom is 0.272 e. The van der Waals surface area contributed by atoms with Crippen molar-refractivity contribution in [2.75, 3.05) is 10.2 Å². The third-order valence-electron chi connectivity index (χ3n) is 6.43. The Kier molecular flexibility index (Phi) is 9.85. The zero-order valence-electron chi connectivity index (χ0n) is 22.5. The molecule has 4 amide bonds. The normalized spacial score (nSPS) is 15.0. The lowest BCUT2D eigenvalue weighted by molar-refractivity contribution is -0.121. The molecule has 4 aromatic carbocycles. The van der Waals surface area contributed by atoms with Gasteiger partial charge < -0.3 is 10.6 Å². The maximum atomic E-state index is 14.3. The van der Waals surface area contributed by atoms with Crippen LogP contribution in [-0.4, -0.2) is 28.9 Å². The Morgan fingerprint density at radius 3 is 2.41 bits per heavy atom. The monoisotopic (exact) mass is 711 g/mol. The summed E-state index contributed by atoms with van der Waals surface area (Å²) in [6.07, 6.45) is 1.45. The summed E-state index contributed by atoms with van der Waals surface area (Å²) in [7, 11) is 0. The van der Waals surface area contributed by atoms with Gasteiger partial charge in [-0.15, -0.1) is 11.8 Å². The number of imide groups is 1. The minimum Gasteiger partial charge on any atom is -0.321 e. The topological polar surface area (TPSA) is 95.6 Å². The summed E-state index contributed by atoms with van der Waals surface area (Å²) in [5.41, 5.74) is 0.993. The average Bonchev–Trinajstić information content (AvgIpc) is 3.27. The Balaban J connectivity index is 1.33. The van der Waals surface area contributed by atoms with E-state index in [-0.39, 0.29) is 28.6 Å². The van der Waals surface area contributed by atoms with Crippen LogP contribution in [-0.2, 0) is 14.4 Å². The maximum absolute atomic E-state index is 14.3. The van der Waals surface area contributed by atoms with E-state index in [1.807, 2.05) is 0 Å². The Bertz CT molecular complexity index is 1820. The first-order valence-electron chi connectivity index (χ1n) is 13.0. The lowest BCUT2D eigenvalue weighted by Crippen LogP contribution is -2.31. The van der Waals surface area contributed by atoms with Crippen LogP contribution in [0.3, 0.4) is 0 Å². The van der Waals surface area contributed by atoms with Crippen molar-refractivity contribution in [3.05, 3.63) is 128 Å². The zero-order chi connectivity index (χ0) is 31.4. The van der Waals surface area contributed by atoms with E-state index >= 15 is 0 Å². The number of thioether (sulfide) groups is 1. The van der Waals surface area contributed by atoms with Crippen LogP contribution < -0.4 is 15.5 Å². The van der Waals surface area contributed by atoms with Gasteiger partial charge in [-0.3, -0.25) is 19.2 Å². The molecule has 7 nitrogen and oxygen atoms in total. The number of hydrogen-bond acceptors (Lipinski definition) is 5. The summed E-state index contributed by atoms with van der Waals surface area (Å²) in [5, 5.41) is 5.10. The van der Waals surface area contributed by atoms with Crippen molar-refractivity contribution in [3.8, 4) is 0 Å². The number of nitrogens with one attached hydrogen (secondary N) is 2. The highest BCUT2D eigenvalue weighted by molar-refractivity contribution is 9.10. The molecule has 1 saturated heterocycles. The molecular formula is C32H21BrCl2FN3O4S. The fraction of sp³-hybridized carbons (Fsp3) is 0.0625. The van der Waals surface area contributed by atoms with Gasteiger partial charge in [0.1, 0.15) is 11.5 Å². The first-order valence-corrected chi connectivity index (χ1v) is 15.4. The van der Waals surface area contributed by atoms with E-state index in [1.165, 1.54) is 48.2 Å². The van der Waals surface area contributed by atoms with Gasteiger partial charge >= 0.3 is 0 Å². The smallest absolute Gasteiger partial charge is 0.272 e. The quantitative estimate of drug-likeness (QED) is 0.144. The Labute approximate surface area is 274 Å². The van der Waals surface area contributed by atoms with Crippen LogP contribution in [0.1, 0.15) is 22.3 Å². The average molecular weight is 713 g/mol. The summed E-state index contributed by atoms with van der Waals surface area (Å²) in [5.74, 6) is -2.94. The van der Waals surface area contributed by atoms with Crippen LogP contribution in [0.5, 0.6) is 0 Å². The zero-order valence-corrected chi connectivity index (χ0v) is 26.4. The van der Waals surface area contributed by atoms with Crippen molar-refractivity contribution < 1.29 is 23.6 Å². The summed E-state index contributed by atoms with van der Waals surface area (Å²) < 4.78 is 15.1. The van der Waals surface area contributed by atoms with Gasteiger partial charge in [-0.05, 0) is 72.3 Å². The third kappa shape index (κ3) is 7.39. The Hall–Kier alpha value is -3.96. The van der Waals surface area contributed by atoms with E-state index in [4.69, 9.17) is 23.2 Å². The minimum atomic E-state index is -0.790. The second kappa shape index (κ2) is 13.8. The van der Waals surface area contributed by atoms with E-state index in [0.717, 1.165) is 15.4 Å². The van der Waals surface area contributed by atoms with Crippen molar-refractivity contribution in [1.82, 2.24) is 5.32 Å². The first-order chi connectivity index (χ1) is 21.1. The molecule has 0 spiro atoms. The number of hydrogen-bond donors (Lipinski definition) is 2. The van der Waals surface area contributed by atoms with Crippen molar-refractivity contribution in [1.29, 1.82) is 0 Å². The SMILES string of the molecule is O=C(Nc1cccc(S[C@H]2CC(=O)N(c3ccc(Cl)c(Cl)c3)C2=O)c1)/C(=C/c1ccc(Br)cc1)NC(=O)c1ccccc1F. The summed E-state index contributed by atoms with van der Waals surface area (Å²) in [4.78, 5) is 53.9. The molecule has 0 aliphatic carbocycles. The molecule has 0 aromatic heterocycles. The first kappa shape index (κ1) is 31.5. The Morgan fingerprint density at radius 2 is 1.68 bits per heavy atom. The van der Waals surface area contributed by atoms with Gasteiger partial charge in [0.2, 0.25) is 11.8 Å². The van der Waals surface area contributed by atoms with Crippen molar-refractivity contribution in [2.45, 2.75) is 16.6 Å². The molecule has 0 radical (unpaired) electrons. The lowest BCUT2D eigenvalue weighted by Gasteiger charge is -2.16. The number of benzene rings is 4. The van der Waals surface area contributed by atoms with Gasteiger partial charge in [0.15, 0.2) is 0 Å². The molecule has 0 unspecified atom stereocenters. The van der Waals surface area contributed by atoms with E-state index in [0.29, 0.717) is 26.9 Å². The van der Waals surface area contributed by atoms with E-state index in [9.17, 15) is 23.6 Å². The number of amides is 4. The van der Waals surface area contributed by atoms with Crippen molar-refractivity contribution >= 4 is 92.0 Å². The van der Waals surface area contributed by atoms with Gasteiger partial charge in [0.25, 0.3) is 11.8 Å². The van der Waals surface area contributed by atoms with Crippen LogP contribution in [0.15, 0.2) is 106 Å². The second-order valence-corrected chi connectivity index (χ2v) is 12.5. The number of anilines is 2. The highest BCUT2D eigenvalue weighted by Gasteiger charge is 2.40. The van der Waals surface area contributed by atoms with Crippen molar-refractivity contribution in [2.24, 2.45) is 0 Å². The largest absolute Gasteiger partial charge is 0.321 e. The molecule has 44 heavy (non-hydrogen) atoms. The van der Waals surface area contributed by atoms with Gasteiger partial charge in [-0.1, -0.05) is 69.5 Å². The van der Waals surface area contributed by atoms with E-state index in [2.05, 4.69) is 26.6 Å². The number of halogens is 4. The van der Waals surface area contributed by atoms with E-state index in [1.54, 1.807) is 54.6 Å². The van der Waals surface area contributed by atoms with Crippen LogP contribution in [0.25, 0.3) is 6.08 Å². The molecule has 1 fully saturated rings. The summed E-state index contributed by atoms with van der Waals surface area (Å²) in [6, 6.07) is 23.8. The second-order valence-electron chi connectivity index (χ2n) is 9.50. The molecule has 1 aliphatic heterocycles. The van der Waals surface area contributed by atoms with Gasteiger partial charge in [-0.2, -0.15) is 0 Å². The molecule has 5 rings (SSSR count). The molecule has 1 aliphatic rings. The van der Waals surface area contributed by atoms with Gasteiger partial charge in [0, 0.05) is 21.5 Å². The summed E-state index contributed by atoms with van der Waals surface area (Å²) in [6.45, 7) is 0. The van der Waals surface area contributed by atoms with Crippen LogP contribution >= 0.6 is 50.9 Å². The van der Waals surface area contributed by atoms with Crippen LogP contribution in [0.2, 0.25) is 10.0 Å². The Morgan fingerprint density at radius 1 is 0.932 bits per heavy atom. The predicted octanol–water partition coefficient (Wildman–Crippen LogP) is 7.73. The van der Waals surface area contributed by atoms with Gasteiger partial charge in [-0.25, -0.2) is 9.29 Å². The molecule has 0 bridgehead atoms. The number of carbonyl (C=O) groups is 4. The summed E-state index contributed by atoms with van der Waals surface area (Å²) >= 11 is 16.6. The van der Waals surface area contributed by atoms with Crippen LogP contribution in [0.4, 0.5) is 15.8 Å². The van der Waals surface area contributed by atoms with Crippen molar-refractivity contribution in [3.63, 3.8) is 0 Å². The molecule has 1 atom stereocenters. The van der Waals surface area contributed by atoms with Gasteiger partial charge in [0.05, 0.1) is 26.5 Å². The van der Waals surface area contributed by atoms with Crippen LogP contribution in [0, 0.1) is 5.82 Å². The fourth-order valence-corrected chi connectivity index (χ4v) is 5.99. The molecule has 1 heterocycles. The molecule has 4 aromatic rings. The molecule has 2 N–H and O–H groups in total. The number of nitrogens with zero attached hydrogens (tertiary/aromatic N) is 1. The predicted molar refractivity (Wildman–Crippen MR) is 174 cm³/mol. The lowest BCUT2D eigenvalue weighted by atomic mass is 10.1. The fourth-order valence-electron chi connectivity index (χ4n) is 4.32. The highest BCUT2D eigenvalue weighted by atomic mass is 79.9. The molecule has 0 saturated carbocycles. The molecular weight excluding hydrogens is 692 g/mol. The third-order valence-corrected chi connectivity index (χ3v) is 8.88. The minimum absolute atomic E-state index is 0.0253. The highest BCUT2D eigenvalue weighted by Crippen LogP contribution is 2.36. The number of rotatable bonds is 8. The molecule has 12 heteroatoms.